The summed E-state index contributed by atoms with van der Waals surface area (Å²) in [6.45, 7) is 0. The van der Waals surface area contributed by atoms with E-state index in [1.54, 1.807) is 0 Å². The van der Waals surface area contributed by atoms with Gasteiger partial charge in [0.15, 0.2) is 0 Å². The van der Waals surface area contributed by atoms with Gasteiger partial charge in [-0.2, -0.15) is 0 Å². The molecule has 0 fully saturated rings. The molecule has 0 amide bonds. The highest BCUT2D eigenvalue weighted by atomic mass is 14.4. The molecule has 2 aromatic carbocycles. The first-order valence-corrected chi connectivity index (χ1v) is 6.65. The van der Waals surface area contributed by atoms with Gasteiger partial charge >= 0.3 is 0 Å². The molecule has 0 aromatic heterocycles. The standard InChI is InChI=1S/C19H15N/c20-18-14-8-7-13-17(18)19(15-9-3-1-4-10-15)16-11-5-2-6-12-16/h1-14,20H. The van der Waals surface area contributed by atoms with E-state index in [1.165, 1.54) is 0 Å². The van der Waals surface area contributed by atoms with Gasteiger partial charge in [-0.05, 0) is 22.8 Å². The average Bonchev–Trinajstić information content (AvgIpc) is 2.52. The smallest absolute Gasteiger partial charge is 0.0618 e. The van der Waals surface area contributed by atoms with Crippen molar-refractivity contribution in [1.82, 2.24) is 0 Å². The summed E-state index contributed by atoms with van der Waals surface area (Å²) >= 11 is 0. The van der Waals surface area contributed by atoms with Gasteiger partial charge in [0, 0.05) is 5.57 Å². The Balaban J connectivity index is 2.25. The van der Waals surface area contributed by atoms with E-state index in [0.29, 0.717) is 5.71 Å². The Morgan fingerprint density at radius 1 is 0.650 bits per heavy atom. The van der Waals surface area contributed by atoms with Crippen molar-refractivity contribution in [1.29, 1.82) is 5.41 Å². The third kappa shape index (κ3) is 2.39. The molecule has 0 saturated carbocycles. The van der Waals surface area contributed by atoms with Crippen LogP contribution in [0.25, 0.3) is 5.57 Å². The average molecular weight is 257 g/mol. The van der Waals surface area contributed by atoms with Crippen LogP contribution in [0.1, 0.15) is 11.1 Å². The van der Waals surface area contributed by atoms with Crippen LogP contribution in [0.15, 0.2) is 90.5 Å². The van der Waals surface area contributed by atoms with E-state index in [9.17, 15) is 0 Å². The van der Waals surface area contributed by atoms with Crippen molar-refractivity contribution >= 4 is 11.3 Å². The maximum atomic E-state index is 8.18. The molecular formula is C19H15N. The first-order chi connectivity index (χ1) is 9.86. The molecule has 0 unspecified atom stereocenters. The van der Waals surface area contributed by atoms with Crippen molar-refractivity contribution in [2.45, 2.75) is 0 Å². The highest BCUT2D eigenvalue weighted by molar-refractivity contribution is 6.16. The molecule has 0 saturated heterocycles. The molecule has 0 radical (unpaired) electrons. The molecule has 1 heteroatoms. The zero-order valence-corrected chi connectivity index (χ0v) is 11.1. The summed E-state index contributed by atoms with van der Waals surface area (Å²) in [5.41, 5.74) is 4.90. The second-order valence-electron chi connectivity index (χ2n) is 4.65. The first kappa shape index (κ1) is 12.4. The van der Waals surface area contributed by atoms with E-state index in [4.69, 9.17) is 5.41 Å². The van der Waals surface area contributed by atoms with E-state index in [2.05, 4.69) is 24.3 Å². The Morgan fingerprint density at radius 2 is 1.15 bits per heavy atom. The largest absolute Gasteiger partial charge is 0.300 e. The summed E-state index contributed by atoms with van der Waals surface area (Å²) in [7, 11) is 0. The summed E-state index contributed by atoms with van der Waals surface area (Å²) in [6, 6.07) is 20.5. The molecule has 20 heavy (non-hydrogen) atoms. The summed E-state index contributed by atoms with van der Waals surface area (Å²) in [6.07, 6.45) is 7.73. The van der Waals surface area contributed by atoms with Crippen molar-refractivity contribution < 1.29 is 0 Å². The van der Waals surface area contributed by atoms with Gasteiger partial charge in [-0.15, -0.1) is 0 Å². The predicted molar refractivity (Wildman–Crippen MR) is 84.9 cm³/mol. The van der Waals surface area contributed by atoms with Gasteiger partial charge in [0.05, 0.1) is 5.71 Å². The van der Waals surface area contributed by atoms with Crippen molar-refractivity contribution in [3.05, 3.63) is 102 Å². The molecule has 0 heterocycles. The summed E-state index contributed by atoms with van der Waals surface area (Å²) < 4.78 is 0. The lowest BCUT2D eigenvalue weighted by atomic mass is 9.89. The van der Waals surface area contributed by atoms with Crippen LogP contribution in [0.2, 0.25) is 0 Å². The minimum Gasteiger partial charge on any atom is -0.300 e. The van der Waals surface area contributed by atoms with E-state index in [-0.39, 0.29) is 0 Å². The maximum absolute atomic E-state index is 8.18. The number of nitrogens with one attached hydrogen (secondary N) is 1. The van der Waals surface area contributed by atoms with Gasteiger partial charge in [0.25, 0.3) is 0 Å². The molecular weight excluding hydrogens is 242 g/mol. The van der Waals surface area contributed by atoms with E-state index >= 15 is 0 Å². The van der Waals surface area contributed by atoms with Gasteiger partial charge < -0.3 is 5.41 Å². The molecule has 0 atom stereocenters. The molecule has 0 spiro atoms. The van der Waals surface area contributed by atoms with Crippen molar-refractivity contribution in [3.8, 4) is 0 Å². The molecule has 0 aliphatic heterocycles. The molecule has 96 valence electrons. The zero-order valence-electron chi connectivity index (χ0n) is 11.1. The van der Waals surface area contributed by atoms with Crippen LogP contribution >= 0.6 is 0 Å². The Morgan fingerprint density at radius 3 is 1.65 bits per heavy atom. The van der Waals surface area contributed by atoms with Crippen LogP contribution in [0.5, 0.6) is 0 Å². The lowest BCUT2D eigenvalue weighted by Gasteiger charge is -2.15. The number of hydrogen-bond donors (Lipinski definition) is 1. The minimum atomic E-state index is 0.551. The van der Waals surface area contributed by atoms with Gasteiger partial charge in [-0.25, -0.2) is 0 Å². The second kappa shape index (κ2) is 5.54. The van der Waals surface area contributed by atoms with Crippen LogP contribution < -0.4 is 0 Å². The molecule has 1 nitrogen and oxygen atoms in total. The summed E-state index contributed by atoms with van der Waals surface area (Å²) in [5, 5.41) is 8.18. The van der Waals surface area contributed by atoms with E-state index in [1.807, 2.05) is 60.7 Å². The quantitative estimate of drug-likeness (QED) is 0.810. The van der Waals surface area contributed by atoms with E-state index < -0.39 is 0 Å². The Bertz CT molecular complexity index is 662. The Labute approximate surface area is 119 Å². The maximum Gasteiger partial charge on any atom is 0.0618 e. The molecule has 0 bridgehead atoms. The van der Waals surface area contributed by atoms with Crippen LogP contribution in [0.4, 0.5) is 0 Å². The van der Waals surface area contributed by atoms with Gasteiger partial charge in [-0.1, -0.05) is 78.9 Å². The van der Waals surface area contributed by atoms with Crippen LogP contribution in [0.3, 0.4) is 0 Å². The molecule has 1 N–H and O–H groups in total. The van der Waals surface area contributed by atoms with Crippen molar-refractivity contribution in [2.75, 3.05) is 0 Å². The number of hydrogen-bond acceptors (Lipinski definition) is 1. The lowest BCUT2D eigenvalue weighted by molar-refractivity contribution is 1.47. The number of rotatable bonds is 2. The minimum absolute atomic E-state index is 0.551. The fraction of sp³-hybridized carbons (Fsp3) is 0. The number of benzene rings is 2. The zero-order chi connectivity index (χ0) is 13.8. The van der Waals surface area contributed by atoms with E-state index in [0.717, 1.165) is 22.3 Å². The Hall–Kier alpha value is -2.67. The lowest BCUT2D eigenvalue weighted by Crippen LogP contribution is -2.03. The summed E-state index contributed by atoms with van der Waals surface area (Å²) in [4.78, 5) is 0. The summed E-state index contributed by atoms with van der Waals surface area (Å²) in [5.74, 6) is 0. The third-order valence-electron chi connectivity index (χ3n) is 3.32. The highest BCUT2D eigenvalue weighted by Gasteiger charge is 2.13. The SMILES string of the molecule is N=C1C=CC=CC1=C(c1ccccc1)c1ccccc1. The van der Waals surface area contributed by atoms with Gasteiger partial charge in [-0.3, -0.25) is 0 Å². The molecule has 3 rings (SSSR count). The predicted octanol–water partition coefficient (Wildman–Crippen LogP) is 4.63. The second-order valence-corrected chi connectivity index (χ2v) is 4.65. The van der Waals surface area contributed by atoms with Gasteiger partial charge in [0.1, 0.15) is 0 Å². The Kier molecular flexibility index (Phi) is 3.42. The normalized spacial score (nSPS) is 13.6. The third-order valence-corrected chi connectivity index (χ3v) is 3.32. The molecule has 1 aliphatic carbocycles. The van der Waals surface area contributed by atoms with Crippen molar-refractivity contribution in [3.63, 3.8) is 0 Å². The fourth-order valence-corrected chi connectivity index (χ4v) is 2.39. The number of allylic oxidation sites excluding steroid dienone is 5. The van der Waals surface area contributed by atoms with Crippen molar-refractivity contribution in [2.24, 2.45) is 0 Å². The molecule has 2 aromatic rings. The topological polar surface area (TPSA) is 23.9 Å². The highest BCUT2D eigenvalue weighted by Crippen LogP contribution is 2.29. The van der Waals surface area contributed by atoms with Crippen LogP contribution in [-0.4, -0.2) is 5.71 Å². The van der Waals surface area contributed by atoms with Crippen LogP contribution in [0, 0.1) is 5.41 Å². The molecule has 1 aliphatic rings. The van der Waals surface area contributed by atoms with Crippen LogP contribution in [-0.2, 0) is 0 Å². The van der Waals surface area contributed by atoms with Gasteiger partial charge in [0.2, 0.25) is 0 Å². The fourth-order valence-electron chi connectivity index (χ4n) is 2.39. The first-order valence-electron chi connectivity index (χ1n) is 6.65. The monoisotopic (exact) mass is 257 g/mol.